The number of thioether (sulfide) groups is 1. The maximum Gasteiger partial charge on any atom is 0.255 e. The third-order valence-corrected chi connectivity index (χ3v) is 8.12. The highest BCUT2D eigenvalue weighted by molar-refractivity contribution is 8.16. The molecule has 196 valence electrons. The van der Waals surface area contributed by atoms with Gasteiger partial charge >= 0.3 is 0 Å². The molecule has 0 aromatic heterocycles. The number of piperazine rings is 1. The van der Waals surface area contributed by atoms with Crippen LogP contribution in [0.15, 0.2) is 82.0 Å². The van der Waals surface area contributed by atoms with Gasteiger partial charge in [-0.3, -0.25) is 14.4 Å². The van der Waals surface area contributed by atoms with Gasteiger partial charge in [0.15, 0.2) is 5.17 Å². The van der Waals surface area contributed by atoms with Gasteiger partial charge in [-0.2, -0.15) is 0 Å². The first-order chi connectivity index (χ1) is 18.3. The average Bonchev–Trinajstić information content (AvgIpc) is 3.30. The van der Waals surface area contributed by atoms with E-state index in [-0.39, 0.29) is 24.1 Å². The van der Waals surface area contributed by atoms with Crippen molar-refractivity contribution in [1.29, 1.82) is 0 Å². The summed E-state index contributed by atoms with van der Waals surface area (Å²) in [6.07, 6.45) is 0.152. The summed E-state index contributed by atoms with van der Waals surface area (Å²) in [4.78, 5) is 48.9. The van der Waals surface area contributed by atoms with Crippen molar-refractivity contribution in [2.75, 3.05) is 31.5 Å². The van der Waals surface area contributed by atoms with Crippen LogP contribution in [0.4, 0.5) is 5.69 Å². The number of fused-ring (bicyclic) bond motifs is 1. The number of rotatable bonds is 5. The number of allylic oxidation sites excluding steroid dienone is 1. The Morgan fingerprint density at radius 3 is 2.34 bits per heavy atom. The van der Waals surface area contributed by atoms with Crippen LogP contribution in [0.5, 0.6) is 0 Å². The first-order valence-corrected chi connectivity index (χ1v) is 13.7. The predicted octanol–water partition coefficient (Wildman–Crippen LogP) is 4.63. The van der Waals surface area contributed by atoms with E-state index in [1.54, 1.807) is 22.8 Å². The summed E-state index contributed by atoms with van der Waals surface area (Å²) < 4.78 is 0. The third-order valence-electron chi connectivity index (χ3n) is 6.89. The number of para-hydroxylation sites is 1. The second kappa shape index (κ2) is 11.0. The van der Waals surface area contributed by atoms with E-state index in [9.17, 15) is 14.4 Å². The van der Waals surface area contributed by atoms with Gasteiger partial charge in [0.2, 0.25) is 11.8 Å². The van der Waals surface area contributed by atoms with Crippen LogP contribution in [-0.2, 0) is 14.4 Å². The van der Waals surface area contributed by atoms with Crippen LogP contribution >= 0.6 is 23.4 Å². The highest BCUT2D eigenvalue weighted by Gasteiger charge is 2.41. The lowest BCUT2D eigenvalue weighted by molar-refractivity contribution is -0.138. The lowest BCUT2D eigenvalue weighted by Crippen LogP contribution is -2.50. The molecule has 0 spiro atoms. The summed E-state index contributed by atoms with van der Waals surface area (Å²) >= 11 is 8.12. The fraction of sp³-hybridized carbons (Fsp3) is 0.286. The van der Waals surface area contributed by atoms with E-state index in [0.717, 1.165) is 11.3 Å². The van der Waals surface area contributed by atoms with Gasteiger partial charge < -0.3 is 20.0 Å². The van der Waals surface area contributed by atoms with E-state index in [4.69, 9.17) is 16.6 Å². The van der Waals surface area contributed by atoms with Crippen LogP contribution in [0.25, 0.3) is 0 Å². The van der Waals surface area contributed by atoms with Crippen LogP contribution in [-0.4, -0.2) is 63.8 Å². The van der Waals surface area contributed by atoms with Gasteiger partial charge in [-0.15, -0.1) is 0 Å². The summed E-state index contributed by atoms with van der Waals surface area (Å²) in [5, 5.41) is 6.15. The Hall–Kier alpha value is -3.56. The van der Waals surface area contributed by atoms with E-state index in [1.807, 2.05) is 65.8 Å². The third kappa shape index (κ3) is 5.21. The zero-order valence-electron chi connectivity index (χ0n) is 21.2. The normalized spacial score (nSPS) is 19.1. The van der Waals surface area contributed by atoms with Gasteiger partial charge in [0, 0.05) is 49.5 Å². The summed E-state index contributed by atoms with van der Waals surface area (Å²) in [6.45, 7) is 5.42. The number of anilines is 1. The minimum Gasteiger partial charge on any atom is -0.339 e. The summed E-state index contributed by atoms with van der Waals surface area (Å²) in [5.41, 5.74) is 3.27. The smallest absolute Gasteiger partial charge is 0.255 e. The highest BCUT2D eigenvalue weighted by atomic mass is 35.5. The summed E-state index contributed by atoms with van der Waals surface area (Å²) in [5.74, 6) is -0.280. The molecule has 0 aliphatic carbocycles. The van der Waals surface area contributed by atoms with Gasteiger partial charge in [-0.25, -0.2) is 4.99 Å². The minimum absolute atomic E-state index is 0.0206. The monoisotopic (exact) mass is 549 g/mol. The Labute approximate surface area is 231 Å². The number of nitrogens with zero attached hydrogens (tertiary/aromatic N) is 4. The molecule has 2 aromatic carbocycles. The van der Waals surface area contributed by atoms with Crippen LogP contribution in [0.2, 0.25) is 5.02 Å². The molecule has 3 heterocycles. The van der Waals surface area contributed by atoms with E-state index < -0.39 is 6.04 Å². The van der Waals surface area contributed by atoms with Crippen molar-refractivity contribution in [3.8, 4) is 0 Å². The molecule has 1 N–H and O–H groups in total. The van der Waals surface area contributed by atoms with Crippen molar-refractivity contribution in [3.63, 3.8) is 0 Å². The van der Waals surface area contributed by atoms with Crippen LogP contribution in [0.1, 0.15) is 31.9 Å². The van der Waals surface area contributed by atoms with Gasteiger partial charge in [0.25, 0.3) is 5.91 Å². The molecule has 3 aliphatic rings. The van der Waals surface area contributed by atoms with E-state index in [0.29, 0.717) is 53.3 Å². The van der Waals surface area contributed by atoms with Crippen LogP contribution in [0, 0.1) is 0 Å². The number of hydrogen-bond donors (Lipinski definition) is 1. The molecule has 0 bridgehead atoms. The molecule has 1 saturated heterocycles. The number of nitrogens with one attached hydrogen (secondary N) is 1. The fourth-order valence-electron chi connectivity index (χ4n) is 4.91. The van der Waals surface area contributed by atoms with Crippen molar-refractivity contribution < 1.29 is 14.4 Å². The molecule has 1 atom stereocenters. The fourth-order valence-corrected chi connectivity index (χ4v) is 6.11. The number of amides is 3. The second-order valence-electron chi connectivity index (χ2n) is 9.30. The lowest BCUT2D eigenvalue weighted by Gasteiger charge is -2.38. The number of carbonyl (C=O) groups excluding carboxylic acids is 3. The molecule has 3 amide bonds. The largest absolute Gasteiger partial charge is 0.339 e. The maximum atomic E-state index is 13.7. The molecule has 2 aromatic rings. The van der Waals surface area contributed by atoms with Gasteiger partial charge in [-0.1, -0.05) is 59.8 Å². The molecular formula is C28H28ClN5O3S. The Morgan fingerprint density at radius 2 is 1.66 bits per heavy atom. The Bertz CT molecular complexity index is 1370. The van der Waals surface area contributed by atoms with Crippen molar-refractivity contribution in [2.45, 2.75) is 26.3 Å². The highest BCUT2D eigenvalue weighted by Crippen LogP contribution is 2.46. The van der Waals surface area contributed by atoms with Crippen molar-refractivity contribution in [1.82, 2.24) is 14.7 Å². The molecular weight excluding hydrogens is 522 g/mol. The van der Waals surface area contributed by atoms with E-state index in [2.05, 4.69) is 5.32 Å². The van der Waals surface area contributed by atoms with Gasteiger partial charge in [-0.05, 0) is 36.1 Å². The Morgan fingerprint density at radius 1 is 1.00 bits per heavy atom. The molecule has 1 fully saturated rings. The molecule has 38 heavy (non-hydrogen) atoms. The molecule has 3 aliphatic heterocycles. The average molecular weight is 550 g/mol. The Kier molecular flexibility index (Phi) is 7.58. The lowest BCUT2D eigenvalue weighted by atomic mass is 9.93. The Balaban J connectivity index is 1.44. The number of halogens is 1. The zero-order chi connectivity index (χ0) is 26.8. The molecule has 0 saturated carbocycles. The number of benzene rings is 2. The van der Waals surface area contributed by atoms with Crippen LogP contribution < -0.4 is 5.32 Å². The second-order valence-corrected chi connectivity index (χ2v) is 10.5. The molecule has 0 radical (unpaired) electrons. The van der Waals surface area contributed by atoms with Crippen molar-refractivity contribution >= 4 is 51.9 Å². The first kappa shape index (κ1) is 26.1. The van der Waals surface area contributed by atoms with Gasteiger partial charge in [0.1, 0.15) is 0 Å². The quantitative estimate of drug-likeness (QED) is 0.587. The molecule has 10 heteroatoms. The van der Waals surface area contributed by atoms with E-state index in [1.165, 1.54) is 11.8 Å². The summed E-state index contributed by atoms with van der Waals surface area (Å²) in [7, 11) is 0. The topological polar surface area (TPSA) is 85.3 Å². The molecule has 1 unspecified atom stereocenters. The van der Waals surface area contributed by atoms with Crippen molar-refractivity contribution in [2.24, 2.45) is 4.99 Å². The first-order valence-electron chi connectivity index (χ1n) is 12.4. The maximum absolute atomic E-state index is 13.7. The number of carbonyl (C=O) groups is 3. The number of hydrogen-bond acceptors (Lipinski definition) is 6. The van der Waals surface area contributed by atoms with Gasteiger partial charge in [0.05, 0.1) is 23.7 Å². The van der Waals surface area contributed by atoms with Crippen molar-refractivity contribution in [3.05, 3.63) is 87.6 Å². The number of aliphatic imine (C=N–C) groups is 1. The molecule has 8 nitrogen and oxygen atoms in total. The standard InChI is InChI=1S/C28H28ClN5O3S/c1-18-25(27(37)31-20-8-4-3-5-9-20)26(22-10-6-7-11-23(22)29)34-21(17-38-28(34)30-18)16-24(36)33-14-12-32(13-15-33)19(2)35/h3-11,17,26H,12-16H2,1-2H3,(H,31,37). The van der Waals surface area contributed by atoms with E-state index >= 15 is 0 Å². The predicted molar refractivity (Wildman–Crippen MR) is 150 cm³/mol. The van der Waals surface area contributed by atoms with Crippen LogP contribution in [0.3, 0.4) is 0 Å². The summed E-state index contributed by atoms with van der Waals surface area (Å²) in [6, 6.07) is 16.2. The molecule has 5 rings (SSSR count). The minimum atomic E-state index is -0.552. The SMILES string of the molecule is CC(=O)N1CCN(C(=O)CC2=CSC3=NC(C)=C(C(=O)Nc4ccccc4)C(c4ccccc4Cl)N23)CC1. The zero-order valence-corrected chi connectivity index (χ0v) is 22.8. The number of amidine groups is 1.